The molecule has 6 heteroatoms. The van der Waals surface area contributed by atoms with Gasteiger partial charge in [-0.25, -0.2) is 15.0 Å². The first-order chi connectivity index (χ1) is 9.88. The van der Waals surface area contributed by atoms with Crippen LogP contribution in [0.15, 0.2) is 17.7 Å². The zero-order chi connectivity index (χ0) is 13.8. The zero-order valence-electron chi connectivity index (χ0n) is 11.8. The molecular formula is C14H21N5S. The molecule has 0 amide bonds. The lowest BCUT2D eigenvalue weighted by molar-refractivity contribution is 0.420. The maximum atomic E-state index is 4.45. The molecule has 2 aromatic rings. The highest BCUT2D eigenvalue weighted by Crippen LogP contribution is 2.33. The van der Waals surface area contributed by atoms with E-state index in [-0.39, 0.29) is 0 Å². The molecule has 1 saturated carbocycles. The van der Waals surface area contributed by atoms with Crippen LogP contribution in [-0.4, -0.2) is 38.3 Å². The van der Waals surface area contributed by atoms with Crippen molar-refractivity contribution < 1.29 is 0 Å². The summed E-state index contributed by atoms with van der Waals surface area (Å²) in [4.78, 5) is 16.0. The Morgan fingerprint density at radius 1 is 1.15 bits per heavy atom. The van der Waals surface area contributed by atoms with Crippen molar-refractivity contribution in [2.45, 2.75) is 54.8 Å². The van der Waals surface area contributed by atoms with Crippen LogP contribution in [0.25, 0.3) is 11.2 Å². The molecule has 2 aromatic heterocycles. The van der Waals surface area contributed by atoms with Crippen molar-refractivity contribution in [2.75, 3.05) is 7.05 Å². The van der Waals surface area contributed by atoms with Gasteiger partial charge in [0.25, 0.3) is 0 Å². The van der Waals surface area contributed by atoms with Gasteiger partial charge >= 0.3 is 0 Å². The van der Waals surface area contributed by atoms with Gasteiger partial charge in [-0.2, -0.15) is 0 Å². The maximum absolute atomic E-state index is 4.45. The summed E-state index contributed by atoms with van der Waals surface area (Å²) < 4.78 is 0. The molecule has 2 atom stereocenters. The standard InChI is InChI=1S/C14H21N5S/c1-15-10-6-4-2-3-5-7-11(10)20-14-12-13(17-8-16-12)18-9-19-14/h8-11,15H,2-7H2,1H3,(H,16,17,18,19). The number of nitrogens with zero attached hydrogens (tertiary/aromatic N) is 3. The van der Waals surface area contributed by atoms with Gasteiger partial charge in [0, 0.05) is 11.3 Å². The molecule has 2 N–H and O–H groups in total. The SMILES string of the molecule is CNC1CCCCCCC1Sc1ncnc2nc[nH]c12. The highest BCUT2D eigenvalue weighted by molar-refractivity contribution is 8.00. The lowest BCUT2D eigenvalue weighted by Crippen LogP contribution is -2.36. The Bertz CT molecular complexity index is 555. The van der Waals surface area contributed by atoms with Crippen molar-refractivity contribution in [3.8, 4) is 0 Å². The van der Waals surface area contributed by atoms with Crippen LogP contribution >= 0.6 is 11.8 Å². The molecule has 2 unspecified atom stereocenters. The highest BCUT2D eigenvalue weighted by Gasteiger charge is 2.24. The molecule has 0 aliphatic heterocycles. The summed E-state index contributed by atoms with van der Waals surface area (Å²) in [5.74, 6) is 0. The first-order valence-corrected chi connectivity index (χ1v) is 8.24. The number of hydrogen-bond acceptors (Lipinski definition) is 5. The third-order valence-corrected chi connectivity index (χ3v) is 5.42. The Hall–Kier alpha value is -1.14. The van der Waals surface area contributed by atoms with Gasteiger partial charge < -0.3 is 10.3 Å². The van der Waals surface area contributed by atoms with Crippen molar-refractivity contribution in [1.29, 1.82) is 0 Å². The maximum Gasteiger partial charge on any atom is 0.181 e. The van der Waals surface area contributed by atoms with Gasteiger partial charge in [0.1, 0.15) is 16.9 Å². The van der Waals surface area contributed by atoms with Crippen molar-refractivity contribution in [3.05, 3.63) is 12.7 Å². The fourth-order valence-electron chi connectivity index (χ4n) is 2.90. The van der Waals surface area contributed by atoms with Crippen LogP contribution in [0.2, 0.25) is 0 Å². The molecular weight excluding hydrogens is 270 g/mol. The van der Waals surface area contributed by atoms with E-state index in [2.05, 4.69) is 32.3 Å². The van der Waals surface area contributed by atoms with Gasteiger partial charge in [0.15, 0.2) is 5.65 Å². The number of fused-ring (bicyclic) bond motifs is 1. The van der Waals surface area contributed by atoms with E-state index in [1.54, 1.807) is 12.7 Å². The van der Waals surface area contributed by atoms with Crippen LogP contribution in [-0.2, 0) is 0 Å². The van der Waals surface area contributed by atoms with E-state index in [4.69, 9.17) is 0 Å². The average Bonchev–Trinajstić information content (AvgIpc) is 2.91. The van der Waals surface area contributed by atoms with E-state index in [1.165, 1.54) is 38.5 Å². The lowest BCUT2D eigenvalue weighted by Gasteiger charge is -2.28. The van der Waals surface area contributed by atoms with Gasteiger partial charge in [-0.05, 0) is 19.9 Å². The summed E-state index contributed by atoms with van der Waals surface area (Å²) in [5, 5.41) is 5.09. The number of aromatic amines is 1. The van der Waals surface area contributed by atoms with Crippen LogP contribution in [0.1, 0.15) is 38.5 Å². The van der Waals surface area contributed by atoms with E-state index in [9.17, 15) is 0 Å². The van der Waals surface area contributed by atoms with Crippen LogP contribution in [0.5, 0.6) is 0 Å². The number of aromatic nitrogens is 4. The van der Waals surface area contributed by atoms with E-state index < -0.39 is 0 Å². The van der Waals surface area contributed by atoms with Gasteiger partial charge in [-0.15, -0.1) is 0 Å². The van der Waals surface area contributed by atoms with Crippen molar-refractivity contribution >= 4 is 22.9 Å². The fourth-order valence-corrected chi connectivity index (χ4v) is 4.28. The number of nitrogens with one attached hydrogen (secondary N) is 2. The second-order valence-electron chi connectivity index (χ2n) is 5.32. The average molecular weight is 291 g/mol. The zero-order valence-corrected chi connectivity index (χ0v) is 12.6. The molecule has 0 radical (unpaired) electrons. The minimum Gasteiger partial charge on any atom is -0.341 e. The number of thioether (sulfide) groups is 1. The largest absolute Gasteiger partial charge is 0.341 e. The fraction of sp³-hybridized carbons (Fsp3) is 0.643. The van der Waals surface area contributed by atoms with Gasteiger partial charge in [0.05, 0.1) is 6.33 Å². The van der Waals surface area contributed by atoms with Crippen LogP contribution in [0.4, 0.5) is 0 Å². The summed E-state index contributed by atoms with van der Waals surface area (Å²) in [6.07, 6.45) is 11.2. The van der Waals surface area contributed by atoms with Crippen molar-refractivity contribution in [3.63, 3.8) is 0 Å². The molecule has 0 bridgehead atoms. The Kier molecular flexibility index (Phi) is 4.52. The van der Waals surface area contributed by atoms with Crippen LogP contribution in [0.3, 0.4) is 0 Å². The van der Waals surface area contributed by atoms with E-state index in [0.717, 1.165) is 16.2 Å². The normalized spacial score (nSPS) is 24.4. The first-order valence-electron chi connectivity index (χ1n) is 7.36. The Balaban J connectivity index is 1.81. The molecule has 108 valence electrons. The summed E-state index contributed by atoms with van der Waals surface area (Å²) in [6, 6.07) is 0.563. The molecule has 3 rings (SSSR count). The van der Waals surface area contributed by atoms with E-state index in [0.29, 0.717) is 11.3 Å². The van der Waals surface area contributed by atoms with Crippen LogP contribution in [0, 0.1) is 0 Å². The minimum atomic E-state index is 0.563. The highest BCUT2D eigenvalue weighted by atomic mass is 32.2. The molecule has 1 aliphatic carbocycles. The molecule has 2 heterocycles. The Morgan fingerprint density at radius 3 is 2.85 bits per heavy atom. The van der Waals surface area contributed by atoms with Gasteiger partial charge in [-0.1, -0.05) is 37.4 Å². The summed E-state index contributed by atoms with van der Waals surface area (Å²) in [5.41, 5.74) is 1.73. The van der Waals surface area contributed by atoms with Crippen molar-refractivity contribution in [2.24, 2.45) is 0 Å². The summed E-state index contributed by atoms with van der Waals surface area (Å²) in [7, 11) is 2.07. The second kappa shape index (κ2) is 6.54. The number of H-pyrrole nitrogens is 1. The summed E-state index contributed by atoms with van der Waals surface area (Å²) >= 11 is 1.87. The lowest BCUT2D eigenvalue weighted by atomic mass is 9.96. The van der Waals surface area contributed by atoms with Gasteiger partial charge in [-0.3, -0.25) is 0 Å². The molecule has 0 spiro atoms. The smallest absolute Gasteiger partial charge is 0.181 e. The predicted molar refractivity (Wildman–Crippen MR) is 81.9 cm³/mol. The summed E-state index contributed by atoms with van der Waals surface area (Å²) in [6.45, 7) is 0. The number of rotatable bonds is 3. The minimum absolute atomic E-state index is 0.563. The third-order valence-electron chi connectivity index (χ3n) is 4.02. The van der Waals surface area contributed by atoms with Gasteiger partial charge in [0.2, 0.25) is 0 Å². The number of hydrogen-bond donors (Lipinski definition) is 2. The molecule has 0 saturated heterocycles. The van der Waals surface area contributed by atoms with E-state index >= 15 is 0 Å². The molecule has 5 nitrogen and oxygen atoms in total. The second-order valence-corrected chi connectivity index (χ2v) is 6.55. The molecule has 20 heavy (non-hydrogen) atoms. The molecule has 1 aliphatic rings. The quantitative estimate of drug-likeness (QED) is 0.851. The van der Waals surface area contributed by atoms with Crippen molar-refractivity contribution in [1.82, 2.24) is 25.3 Å². The third kappa shape index (κ3) is 2.96. The predicted octanol–water partition coefficient (Wildman–Crippen LogP) is 2.76. The van der Waals surface area contributed by atoms with E-state index in [1.807, 2.05) is 11.8 Å². The Labute approximate surface area is 123 Å². The number of imidazole rings is 1. The Morgan fingerprint density at radius 2 is 2.00 bits per heavy atom. The van der Waals surface area contributed by atoms with Crippen LogP contribution < -0.4 is 5.32 Å². The topological polar surface area (TPSA) is 66.5 Å². The molecule has 0 aromatic carbocycles. The monoisotopic (exact) mass is 291 g/mol. The molecule has 1 fully saturated rings. The first kappa shape index (κ1) is 13.8.